The zero-order valence-corrected chi connectivity index (χ0v) is 19.2. The number of benzene rings is 3. The Labute approximate surface area is 193 Å². The highest BCUT2D eigenvalue weighted by Crippen LogP contribution is 2.33. The van der Waals surface area contributed by atoms with Crippen LogP contribution < -0.4 is 5.32 Å². The van der Waals surface area contributed by atoms with Gasteiger partial charge in [-0.1, -0.05) is 67.1 Å². The first-order chi connectivity index (χ1) is 15.4. The number of hydrogen-bond acceptors (Lipinski definition) is 3. The van der Waals surface area contributed by atoms with Gasteiger partial charge < -0.3 is 5.32 Å². The highest BCUT2D eigenvalue weighted by molar-refractivity contribution is 6.36. The Morgan fingerprint density at radius 2 is 1.59 bits per heavy atom. The first-order valence-electron chi connectivity index (χ1n) is 10.7. The van der Waals surface area contributed by atoms with Gasteiger partial charge >= 0.3 is 0 Å². The van der Waals surface area contributed by atoms with Crippen molar-refractivity contribution >= 4 is 34.7 Å². The van der Waals surface area contributed by atoms with Crippen LogP contribution >= 0.6 is 11.6 Å². The normalized spacial score (nSPS) is 13.8. The van der Waals surface area contributed by atoms with Crippen LogP contribution in [0, 0.1) is 13.8 Å². The van der Waals surface area contributed by atoms with Crippen LogP contribution in [0.15, 0.2) is 72.4 Å². The Balaban J connectivity index is 1.76. The van der Waals surface area contributed by atoms with Crippen LogP contribution in [0.1, 0.15) is 34.7 Å². The van der Waals surface area contributed by atoms with Gasteiger partial charge in [-0.15, -0.1) is 0 Å². The molecule has 0 spiro atoms. The van der Waals surface area contributed by atoms with Crippen LogP contribution in [0.2, 0.25) is 5.02 Å². The van der Waals surface area contributed by atoms with E-state index in [1.165, 1.54) is 10.5 Å². The summed E-state index contributed by atoms with van der Waals surface area (Å²) in [5.41, 5.74) is 6.27. The molecule has 1 aliphatic rings. The van der Waals surface area contributed by atoms with Gasteiger partial charge in [0, 0.05) is 10.7 Å². The van der Waals surface area contributed by atoms with Crippen LogP contribution in [-0.2, 0) is 22.6 Å². The number of rotatable bonds is 6. The summed E-state index contributed by atoms with van der Waals surface area (Å²) in [5, 5.41) is 3.75. The Bertz CT molecular complexity index is 1230. The highest BCUT2D eigenvalue weighted by Gasteiger charge is 2.39. The summed E-state index contributed by atoms with van der Waals surface area (Å²) in [5.74, 6) is -0.687. The minimum Gasteiger partial charge on any atom is -0.350 e. The minimum atomic E-state index is -0.359. The number of imide groups is 1. The van der Waals surface area contributed by atoms with Crippen molar-refractivity contribution in [3.05, 3.63) is 105 Å². The van der Waals surface area contributed by atoms with E-state index in [-0.39, 0.29) is 24.1 Å². The molecule has 4 nitrogen and oxygen atoms in total. The van der Waals surface area contributed by atoms with Gasteiger partial charge in [0.25, 0.3) is 11.8 Å². The maximum atomic E-state index is 13.5. The minimum absolute atomic E-state index is 0.117. The summed E-state index contributed by atoms with van der Waals surface area (Å²) in [6, 6.07) is 21.0. The fraction of sp³-hybridized carbons (Fsp3) is 0.185. The van der Waals surface area contributed by atoms with E-state index in [0.717, 1.165) is 34.4 Å². The predicted molar refractivity (Wildman–Crippen MR) is 129 cm³/mol. The fourth-order valence-electron chi connectivity index (χ4n) is 3.77. The Morgan fingerprint density at radius 3 is 2.25 bits per heavy atom. The molecule has 0 saturated heterocycles. The van der Waals surface area contributed by atoms with Crippen molar-refractivity contribution in [2.45, 2.75) is 33.7 Å². The van der Waals surface area contributed by atoms with Crippen LogP contribution in [-0.4, -0.2) is 16.7 Å². The van der Waals surface area contributed by atoms with Gasteiger partial charge in [-0.25, -0.2) is 0 Å². The lowest BCUT2D eigenvalue weighted by Crippen LogP contribution is -2.32. The third-order valence-electron chi connectivity index (χ3n) is 5.88. The maximum absolute atomic E-state index is 13.5. The van der Waals surface area contributed by atoms with Gasteiger partial charge in [0.15, 0.2) is 0 Å². The number of nitrogens with one attached hydrogen (secondary N) is 1. The SMILES string of the molecule is CCc1ccc(NC2=C(c3ccc(C)c(C)c3)C(=O)N(Cc3ccccc3Cl)C2=O)cc1. The number of amides is 2. The van der Waals surface area contributed by atoms with E-state index >= 15 is 0 Å². The van der Waals surface area contributed by atoms with Crippen molar-refractivity contribution in [2.24, 2.45) is 0 Å². The largest absolute Gasteiger partial charge is 0.350 e. The molecule has 2 amide bonds. The monoisotopic (exact) mass is 444 g/mol. The number of aryl methyl sites for hydroxylation is 3. The second kappa shape index (κ2) is 9.01. The van der Waals surface area contributed by atoms with Gasteiger partial charge in [0.1, 0.15) is 5.70 Å². The molecule has 1 N–H and O–H groups in total. The zero-order chi connectivity index (χ0) is 22.8. The maximum Gasteiger partial charge on any atom is 0.278 e. The summed E-state index contributed by atoms with van der Waals surface area (Å²) in [7, 11) is 0. The lowest BCUT2D eigenvalue weighted by Gasteiger charge is -2.16. The van der Waals surface area contributed by atoms with E-state index < -0.39 is 0 Å². The first-order valence-corrected chi connectivity index (χ1v) is 11.0. The van der Waals surface area contributed by atoms with Gasteiger partial charge in [-0.3, -0.25) is 14.5 Å². The number of carbonyl (C=O) groups excluding carboxylic acids is 2. The number of carbonyl (C=O) groups is 2. The molecule has 0 bridgehead atoms. The predicted octanol–water partition coefficient (Wildman–Crippen LogP) is 5.91. The standard InChI is InChI=1S/C27H25ClN2O2/c1-4-19-10-13-22(14-11-19)29-25-24(20-12-9-17(2)18(3)15-20)26(31)30(27(25)32)16-21-7-5-6-8-23(21)28/h5-15,29H,4,16H2,1-3H3. The van der Waals surface area contributed by atoms with Crippen molar-refractivity contribution in [3.63, 3.8) is 0 Å². The van der Waals surface area contributed by atoms with Gasteiger partial charge in [-0.2, -0.15) is 0 Å². The van der Waals surface area contributed by atoms with E-state index in [1.807, 2.05) is 74.5 Å². The summed E-state index contributed by atoms with van der Waals surface area (Å²) in [6.45, 7) is 6.23. The molecule has 0 fully saturated rings. The molecule has 162 valence electrons. The lowest BCUT2D eigenvalue weighted by molar-refractivity contribution is -0.137. The molecule has 0 atom stereocenters. The molecular formula is C27H25ClN2O2. The molecular weight excluding hydrogens is 420 g/mol. The van der Waals surface area contributed by atoms with Crippen molar-refractivity contribution in [2.75, 3.05) is 5.32 Å². The van der Waals surface area contributed by atoms with Gasteiger partial charge in [0.05, 0.1) is 12.1 Å². The molecule has 0 unspecified atom stereocenters. The number of hydrogen-bond donors (Lipinski definition) is 1. The summed E-state index contributed by atoms with van der Waals surface area (Å²) in [6.07, 6.45) is 0.930. The molecule has 1 heterocycles. The van der Waals surface area contributed by atoms with Crippen LogP contribution in [0.4, 0.5) is 5.69 Å². The Morgan fingerprint density at radius 1 is 0.875 bits per heavy atom. The molecule has 0 radical (unpaired) electrons. The van der Waals surface area contributed by atoms with E-state index in [2.05, 4.69) is 12.2 Å². The summed E-state index contributed by atoms with van der Waals surface area (Å²) >= 11 is 6.31. The third-order valence-corrected chi connectivity index (χ3v) is 6.25. The summed E-state index contributed by atoms with van der Waals surface area (Å²) < 4.78 is 0. The van der Waals surface area contributed by atoms with Crippen molar-refractivity contribution < 1.29 is 9.59 Å². The fourth-order valence-corrected chi connectivity index (χ4v) is 3.96. The summed E-state index contributed by atoms with van der Waals surface area (Å²) in [4.78, 5) is 28.2. The quantitative estimate of drug-likeness (QED) is 0.480. The third kappa shape index (κ3) is 4.19. The number of halogens is 1. The molecule has 3 aromatic rings. The first kappa shape index (κ1) is 21.8. The molecule has 0 aromatic heterocycles. The molecule has 4 rings (SSSR count). The smallest absolute Gasteiger partial charge is 0.278 e. The Kier molecular flexibility index (Phi) is 6.15. The van der Waals surface area contributed by atoms with Crippen molar-refractivity contribution in [1.29, 1.82) is 0 Å². The average molecular weight is 445 g/mol. The van der Waals surface area contributed by atoms with E-state index in [4.69, 9.17) is 11.6 Å². The molecule has 5 heteroatoms. The molecule has 3 aromatic carbocycles. The van der Waals surface area contributed by atoms with Gasteiger partial charge in [-0.05, 0) is 66.3 Å². The van der Waals surface area contributed by atoms with Gasteiger partial charge in [0.2, 0.25) is 0 Å². The van der Waals surface area contributed by atoms with Crippen LogP contribution in [0.5, 0.6) is 0 Å². The molecule has 32 heavy (non-hydrogen) atoms. The van der Waals surface area contributed by atoms with E-state index in [0.29, 0.717) is 10.6 Å². The Hall–Kier alpha value is -3.37. The molecule has 0 aliphatic carbocycles. The van der Waals surface area contributed by atoms with Crippen LogP contribution in [0.3, 0.4) is 0 Å². The topological polar surface area (TPSA) is 49.4 Å². The molecule has 1 aliphatic heterocycles. The average Bonchev–Trinajstić information content (AvgIpc) is 3.02. The van der Waals surface area contributed by atoms with Crippen molar-refractivity contribution in [3.8, 4) is 0 Å². The number of anilines is 1. The lowest BCUT2D eigenvalue weighted by atomic mass is 9.99. The molecule has 0 saturated carbocycles. The van der Waals surface area contributed by atoms with Crippen molar-refractivity contribution in [1.82, 2.24) is 4.90 Å². The van der Waals surface area contributed by atoms with E-state index in [9.17, 15) is 9.59 Å². The second-order valence-corrected chi connectivity index (χ2v) is 8.42. The number of nitrogens with zero attached hydrogens (tertiary/aromatic N) is 1. The highest BCUT2D eigenvalue weighted by atomic mass is 35.5. The van der Waals surface area contributed by atoms with E-state index in [1.54, 1.807) is 6.07 Å². The second-order valence-electron chi connectivity index (χ2n) is 8.01. The zero-order valence-electron chi connectivity index (χ0n) is 18.4. The van der Waals surface area contributed by atoms with Crippen LogP contribution in [0.25, 0.3) is 5.57 Å².